The highest BCUT2D eigenvalue weighted by Gasteiger charge is 2.20. The molecule has 0 atom stereocenters. The van der Waals surface area contributed by atoms with Crippen molar-refractivity contribution < 1.29 is 14.3 Å². The molecule has 0 unspecified atom stereocenters. The first kappa shape index (κ1) is 14.7. The van der Waals surface area contributed by atoms with Gasteiger partial charge in [-0.1, -0.05) is 0 Å². The van der Waals surface area contributed by atoms with Crippen LogP contribution in [0.2, 0.25) is 0 Å². The lowest BCUT2D eigenvalue weighted by molar-refractivity contribution is -0.105. The van der Waals surface area contributed by atoms with Gasteiger partial charge in [-0.3, -0.25) is 4.79 Å². The Balaban J connectivity index is 2.04. The summed E-state index contributed by atoms with van der Waals surface area (Å²) in [4.78, 5) is 12.9. The Morgan fingerprint density at radius 1 is 1.40 bits per heavy atom. The number of nitrogens with zero attached hydrogens (tertiary/aromatic N) is 1. The molecule has 1 amide bonds. The van der Waals surface area contributed by atoms with Crippen molar-refractivity contribution in [1.82, 2.24) is 0 Å². The van der Waals surface area contributed by atoms with Gasteiger partial charge in [0.2, 0.25) is 6.41 Å². The van der Waals surface area contributed by atoms with Gasteiger partial charge in [0.25, 0.3) is 0 Å². The topological polar surface area (TPSA) is 50.8 Å². The summed E-state index contributed by atoms with van der Waals surface area (Å²) in [6, 6.07) is 5.85. The molecular weight excluding hydrogens is 256 g/mol. The van der Waals surface area contributed by atoms with E-state index in [0.717, 1.165) is 38.2 Å². The zero-order chi connectivity index (χ0) is 14.4. The van der Waals surface area contributed by atoms with Crippen molar-refractivity contribution in [3.8, 4) is 5.75 Å². The number of nitrogens with one attached hydrogen (secondary N) is 1. The number of carbonyl (C=O) groups is 1. The SMILES string of the molecule is CCOC1CCN(c2ccc(NC=O)c(OC)c2)CC1. The van der Waals surface area contributed by atoms with Crippen LogP contribution < -0.4 is 15.0 Å². The van der Waals surface area contributed by atoms with Crippen LogP contribution in [0.4, 0.5) is 11.4 Å². The molecule has 0 radical (unpaired) electrons. The molecular formula is C15H22N2O3. The number of amides is 1. The predicted octanol–water partition coefficient (Wildman–Crippen LogP) is 2.27. The molecule has 1 aliphatic rings. The summed E-state index contributed by atoms with van der Waals surface area (Å²) in [7, 11) is 1.61. The maximum Gasteiger partial charge on any atom is 0.211 e. The zero-order valence-corrected chi connectivity index (χ0v) is 12.1. The number of benzene rings is 1. The second-order valence-corrected chi connectivity index (χ2v) is 4.79. The van der Waals surface area contributed by atoms with Crippen molar-refractivity contribution in [2.45, 2.75) is 25.9 Å². The van der Waals surface area contributed by atoms with Gasteiger partial charge in [0.1, 0.15) is 5.75 Å². The van der Waals surface area contributed by atoms with E-state index in [1.165, 1.54) is 0 Å². The highest BCUT2D eigenvalue weighted by atomic mass is 16.5. The average molecular weight is 278 g/mol. The molecule has 0 saturated carbocycles. The molecule has 0 bridgehead atoms. The lowest BCUT2D eigenvalue weighted by Crippen LogP contribution is -2.37. The van der Waals surface area contributed by atoms with Crippen LogP contribution in [0.3, 0.4) is 0 Å². The van der Waals surface area contributed by atoms with Gasteiger partial charge in [0, 0.05) is 31.5 Å². The largest absolute Gasteiger partial charge is 0.494 e. The fourth-order valence-corrected chi connectivity index (χ4v) is 2.58. The Morgan fingerprint density at radius 3 is 2.75 bits per heavy atom. The first-order chi connectivity index (χ1) is 9.78. The van der Waals surface area contributed by atoms with Crippen LogP contribution >= 0.6 is 0 Å². The lowest BCUT2D eigenvalue weighted by Gasteiger charge is -2.33. The number of ether oxygens (including phenoxy) is 2. The molecule has 1 N–H and O–H groups in total. The van der Waals surface area contributed by atoms with Crippen LogP contribution in [0.5, 0.6) is 5.75 Å². The summed E-state index contributed by atoms with van der Waals surface area (Å²) >= 11 is 0. The van der Waals surface area contributed by atoms with Crippen molar-refractivity contribution in [1.29, 1.82) is 0 Å². The molecule has 5 heteroatoms. The van der Waals surface area contributed by atoms with Crippen LogP contribution in [-0.2, 0) is 9.53 Å². The van der Waals surface area contributed by atoms with Crippen LogP contribution in [-0.4, -0.2) is 39.3 Å². The second-order valence-electron chi connectivity index (χ2n) is 4.79. The van der Waals surface area contributed by atoms with E-state index in [-0.39, 0.29) is 0 Å². The normalized spacial score (nSPS) is 16.0. The van der Waals surface area contributed by atoms with Gasteiger partial charge in [-0.15, -0.1) is 0 Å². The quantitative estimate of drug-likeness (QED) is 0.811. The molecule has 1 fully saturated rings. The van der Waals surface area contributed by atoms with Crippen molar-refractivity contribution in [3.63, 3.8) is 0 Å². The summed E-state index contributed by atoms with van der Waals surface area (Å²) in [6.45, 7) is 4.78. The van der Waals surface area contributed by atoms with Crippen LogP contribution in [0.1, 0.15) is 19.8 Å². The molecule has 1 aromatic rings. The number of hydrogen-bond donors (Lipinski definition) is 1. The molecule has 1 saturated heterocycles. The number of rotatable bonds is 6. The smallest absolute Gasteiger partial charge is 0.211 e. The number of piperidine rings is 1. The van der Waals surface area contributed by atoms with Crippen LogP contribution in [0, 0.1) is 0 Å². The minimum Gasteiger partial charge on any atom is -0.494 e. The third-order valence-corrected chi connectivity index (χ3v) is 3.61. The summed E-state index contributed by atoms with van der Waals surface area (Å²) in [6.07, 6.45) is 3.13. The Kier molecular flexibility index (Phi) is 5.24. The molecule has 1 aliphatic heterocycles. The van der Waals surface area contributed by atoms with Crippen molar-refractivity contribution in [2.24, 2.45) is 0 Å². The van der Waals surface area contributed by atoms with E-state index in [1.807, 2.05) is 25.1 Å². The maximum absolute atomic E-state index is 10.5. The highest BCUT2D eigenvalue weighted by molar-refractivity contribution is 5.77. The predicted molar refractivity (Wildman–Crippen MR) is 79.5 cm³/mol. The minimum absolute atomic E-state index is 0.383. The fourth-order valence-electron chi connectivity index (χ4n) is 2.58. The van der Waals surface area contributed by atoms with Gasteiger partial charge >= 0.3 is 0 Å². The number of hydrogen-bond acceptors (Lipinski definition) is 4. The van der Waals surface area contributed by atoms with Gasteiger partial charge in [-0.05, 0) is 31.9 Å². The number of anilines is 2. The number of carbonyl (C=O) groups excluding carboxylic acids is 1. The third kappa shape index (κ3) is 3.42. The first-order valence-corrected chi connectivity index (χ1v) is 7.03. The molecule has 1 aromatic carbocycles. The third-order valence-electron chi connectivity index (χ3n) is 3.61. The Bertz CT molecular complexity index is 443. The lowest BCUT2D eigenvalue weighted by atomic mass is 10.1. The average Bonchev–Trinajstić information content (AvgIpc) is 2.49. The summed E-state index contributed by atoms with van der Waals surface area (Å²) in [5, 5.41) is 2.64. The first-order valence-electron chi connectivity index (χ1n) is 7.03. The van der Waals surface area contributed by atoms with E-state index in [9.17, 15) is 4.79 Å². The second kappa shape index (κ2) is 7.14. The van der Waals surface area contributed by atoms with Gasteiger partial charge in [-0.25, -0.2) is 0 Å². The monoisotopic (exact) mass is 278 g/mol. The standard InChI is InChI=1S/C15H22N2O3/c1-3-20-13-6-8-17(9-7-13)12-4-5-14(16-11-18)15(10-12)19-2/h4-5,10-11,13H,3,6-9H2,1-2H3,(H,16,18). The van der Waals surface area contributed by atoms with Crippen LogP contribution in [0.15, 0.2) is 18.2 Å². The summed E-state index contributed by atoms with van der Waals surface area (Å²) in [5.41, 5.74) is 1.81. The molecule has 5 nitrogen and oxygen atoms in total. The van der Waals surface area contributed by atoms with Gasteiger partial charge < -0.3 is 19.7 Å². The molecule has 0 aromatic heterocycles. The van der Waals surface area contributed by atoms with Gasteiger partial charge in [0.05, 0.1) is 18.9 Å². The molecule has 0 spiro atoms. The van der Waals surface area contributed by atoms with Crippen molar-refractivity contribution >= 4 is 17.8 Å². The van der Waals surface area contributed by atoms with E-state index in [1.54, 1.807) is 7.11 Å². The van der Waals surface area contributed by atoms with Crippen molar-refractivity contribution in [3.05, 3.63) is 18.2 Å². The summed E-state index contributed by atoms with van der Waals surface area (Å²) < 4.78 is 11.0. The Morgan fingerprint density at radius 2 is 2.15 bits per heavy atom. The van der Waals surface area contributed by atoms with E-state index in [4.69, 9.17) is 9.47 Å². The maximum atomic E-state index is 10.5. The Labute approximate surface area is 119 Å². The molecule has 110 valence electrons. The van der Waals surface area contributed by atoms with Crippen molar-refractivity contribution in [2.75, 3.05) is 37.0 Å². The van der Waals surface area contributed by atoms with Gasteiger partial charge in [0.15, 0.2) is 0 Å². The molecule has 1 heterocycles. The Hall–Kier alpha value is -1.75. The van der Waals surface area contributed by atoms with Gasteiger partial charge in [-0.2, -0.15) is 0 Å². The molecule has 2 rings (SSSR count). The summed E-state index contributed by atoms with van der Waals surface area (Å²) in [5.74, 6) is 0.682. The van der Waals surface area contributed by atoms with E-state index in [2.05, 4.69) is 10.2 Å². The fraction of sp³-hybridized carbons (Fsp3) is 0.533. The highest BCUT2D eigenvalue weighted by Crippen LogP contribution is 2.31. The van der Waals surface area contributed by atoms with E-state index >= 15 is 0 Å². The minimum atomic E-state index is 0.383. The van der Waals surface area contributed by atoms with E-state index < -0.39 is 0 Å². The molecule has 20 heavy (non-hydrogen) atoms. The zero-order valence-electron chi connectivity index (χ0n) is 12.1. The van der Waals surface area contributed by atoms with Crippen LogP contribution in [0.25, 0.3) is 0 Å². The number of methoxy groups -OCH3 is 1. The van der Waals surface area contributed by atoms with E-state index in [0.29, 0.717) is 24.0 Å². The molecule has 0 aliphatic carbocycles.